The van der Waals surface area contributed by atoms with Gasteiger partial charge in [-0.2, -0.15) is 0 Å². The molecule has 0 saturated carbocycles. The van der Waals surface area contributed by atoms with E-state index in [9.17, 15) is 0 Å². The third kappa shape index (κ3) is 3.31. The number of hydrogen-bond donors (Lipinski definition) is 2. The van der Waals surface area contributed by atoms with Crippen molar-refractivity contribution in [2.45, 2.75) is 27.2 Å². The quantitative estimate of drug-likeness (QED) is 0.391. The Morgan fingerprint density at radius 2 is 2.05 bits per heavy atom. The molecule has 0 aliphatic heterocycles. The van der Waals surface area contributed by atoms with E-state index >= 15 is 0 Å². The van der Waals surface area contributed by atoms with Gasteiger partial charge in [0.25, 0.3) is 0 Å². The van der Waals surface area contributed by atoms with Crippen LogP contribution >= 0.6 is 0 Å². The van der Waals surface area contributed by atoms with Crippen LogP contribution in [-0.4, -0.2) is 16.0 Å². The van der Waals surface area contributed by atoms with Crippen LogP contribution < -0.4 is 10.5 Å². The Bertz CT molecular complexity index is 681. The molecule has 3 N–H and O–H groups in total. The molecule has 21 heavy (non-hydrogen) atoms. The third-order valence-corrected chi connectivity index (χ3v) is 3.22. The number of nitrogens with zero attached hydrogens (tertiary/aromatic N) is 2. The summed E-state index contributed by atoms with van der Waals surface area (Å²) in [5.41, 5.74) is 9.06. The molecule has 110 valence electrons. The van der Waals surface area contributed by atoms with E-state index in [0.29, 0.717) is 11.3 Å². The molecule has 0 aliphatic carbocycles. The molecule has 1 aromatic heterocycles. The lowest BCUT2D eigenvalue weighted by Crippen LogP contribution is -2.14. The fourth-order valence-electron chi connectivity index (χ4n) is 2.11. The van der Waals surface area contributed by atoms with Gasteiger partial charge in [0.15, 0.2) is 5.84 Å². The van der Waals surface area contributed by atoms with Crippen molar-refractivity contribution in [3.8, 4) is 11.5 Å². The molecule has 0 aliphatic rings. The second-order valence-electron chi connectivity index (χ2n) is 4.82. The van der Waals surface area contributed by atoms with E-state index in [1.54, 1.807) is 12.1 Å². The van der Waals surface area contributed by atoms with Gasteiger partial charge in [-0.3, -0.25) is 4.98 Å². The largest absolute Gasteiger partial charge is 0.455 e. The first-order valence-corrected chi connectivity index (χ1v) is 6.78. The summed E-state index contributed by atoms with van der Waals surface area (Å²) in [6.45, 7) is 5.88. The van der Waals surface area contributed by atoms with Crippen LogP contribution in [-0.2, 0) is 6.42 Å². The third-order valence-electron chi connectivity index (χ3n) is 3.22. The summed E-state index contributed by atoms with van der Waals surface area (Å²) < 4.78 is 5.90. The van der Waals surface area contributed by atoms with Gasteiger partial charge in [-0.05, 0) is 56.2 Å². The van der Waals surface area contributed by atoms with Gasteiger partial charge in [-0.15, -0.1) is 0 Å². The standard InChI is InChI=1S/C16H19N3O2/c1-4-14-15(8-5-11(3)18-14)21-12-6-7-13(10(2)9-12)16(17)19-20/h5-9,20H,4H2,1-3H3,(H2,17,19). The van der Waals surface area contributed by atoms with E-state index in [-0.39, 0.29) is 5.84 Å². The number of amidine groups is 1. The van der Waals surface area contributed by atoms with Crippen LogP contribution in [0.15, 0.2) is 35.5 Å². The molecule has 1 aromatic carbocycles. The van der Waals surface area contributed by atoms with Crippen molar-refractivity contribution >= 4 is 5.84 Å². The number of aryl methyl sites for hydroxylation is 3. The molecule has 0 amide bonds. The Morgan fingerprint density at radius 1 is 1.29 bits per heavy atom. The van der Waals surface area contributed by atoms with Crippen molar-refractivity contribution in [1.29, 1.82) is 0 Å². The lowest BCUT2D eigenvalue weighted by Gasteiger charge is -2.12. The van der Waals surface area contributed by atoms with E-state index in [1.165, 1.54) is 0 Å². The highest BCUT2D eigenvalue weighted by Gasteiger charge is 2.08. The molecule has 0 fully saturated rings. The number of aromatic nitrogens is 1. The smallest absolute Gasteiger partial charge is 0.170 e. The minimum absolute atomic E-state index is 0.0882. The Balaban J connectivity index is 2.31. The van der Waals surface area contributed by atoms with Crippen LogP contribution in [0.1, 0.15) is 29.4 Å². The SMILES string of the molecule is CCc1nc(C)ccc1Oc1ccc(/C(N)=N/O)c(C)c1. The molecule has 0 radical (unpaired) electrons. The van der Waals surface area contributed by atoms with Crippen molar-refractivity contribution in [2.24, 2.45) is 10.9 Å². The number of pyridine rings is 1. The number of rotatable bonds is 4. The Kier molecular flexibility index (Phi) is 4.42. The molecule has 0 bridgehead atoms. The van der Waals surface area contributed by atoms with Gasteiger partial charge >= 0.3 is 0 Å². The second-order valence-corrected chi connectivity index (χ2v) is 4.82. The zero-order valence-electron chi connectivity index (χ0n) is 12.4. The average molecular weight is 285 g/mol. The van der Waals surface area contributed by atoms with Crippen molar-refractivity contribution in [1.82, 2.24) is 4.98 Å². The molecule has 0 saturated heterocycles. The van der Waals surface area contributed by atoms with Crippen LogP contribution in [0.5, 0.6) is 11.5 Å². The van der Waals surface area contributed by atoms with E-state index < -0.39 is 0 Å². The Morgan fingerprint density at radius 3 is 2.67 bits per heavy atom. The minimum atomic E-state index is 0.0882. The molecule has 0 unspecified atom stereocenters. The van der Waals surface area contributed by atoms with Crippen molar-refractivity contribution in [3.63, 3.8) is 0 Å². The molecule has 2 rings (SSSR count). The number of ether oxygens (including phenoxy) is 1. The minimum Gasteiger partial charge on any atom is -0.455 e. The predicted octanol–water partition coefficient (Wildman–Crippen LogP) is 3.15. The first-order valence-electron chi connectivity index (χ1n) is 6.78. The molecular weight excluding hydrogens is 266 g/mol. The fourth-order valence-corrected chi connectivity index (χ4v) is 2.11. The summed E-state index contributed by atoms with van der Waals surface area (Å²) in [7, 11) is 0. The van der Waals surface area contributed by atoms with Crippen LogP contribution in [0.25, 0.3) is 0 Å². The highest BCUT2D eigenvalue weighted by atomic mass is 16.5. The monoisotopic (exact) mass is 285 g/mol. The second kappa shape index (κ2) is 6.26. The maximum absolute atomic E-state index is 8.73. The van der Waals surface area contributed by atoms with Crippen molar-refractivity contribution in [3.05, 3.63) is 52.8 Å². The molecule has 5 nitrogen and oxygen atoms in total. The summed E-state index contributed by atoms with van der Waals surface area (Å²) in [6, 6.07) is 9.26. The zero-order valence-corrected chi connectivity index (χ0v) is 12.4. The fraction of sp³-hybridized carbons (Fsp3) is 0.250. The van der Waals surface area contributed by atoms with Gasteiger partial charge < -0.3 is 15.7 Å². The first kappa shape index (κ1) is 14.8. The molecule has 0 spiro atoms. The maximum Gasteiger partial charge on any atom is 0.170 e. The molecule has 5 heteroatoms. The number of nitrogens with two attached hydrogens (primary N) is 1. The van der Waals surface area contributed by atoms with Gasteiger partial charge in [0.2, 0.25) is 0 Å². The number of benzene rings is 1. The highest BCUT2D eigenvalue weighted by Crippen LogP contribution is 2.26. The topological polar surface area (TPSA) is 80.7 Å². The van der Waals surface area contributed by atoms with Gasteiger partial charge in [0, 0.05) is 11.3 Å². The molecule has 2 aromatic rings. The number of hydrogen-bond acceptors (Lipinski definition) is 4. The molecule has 1 heterocycles. The summed E-state index contributed by atoms with van der Waals surface area (Å²) in [6.07, 6.45) is 0.804. The Hall–Kier alpha value is -2.56. The van der Waals surface area contributed by atoms with E-state index in [4.69, 9.17) is 15.7 Å². The average Bonchev–Trinajstić information content (AvgIpc) is 2.48. The summed E-state index contributed by atoms with van der Waals surface area (Å²) in [5.74, 6) is 1.53. The highest BCUT2D eigenvalue weighted by molar-refractivity contribution is 5.98. The van der Waals surface area contributed by atoms with Gasteiger partial charge in [0.1, 0.15) is 11.5 Å². The molecule has 0 atom stereocenters. The summed E-state index contributed by atoms with van der Waals surface area (Å²) in [5, 5.41) is 11.7. The zero-order chi connectivity index (χ0) is 15.4. The van der Waals surface area contributed by atoms with Crippen LogP contribution in [0, 0.1) is 13.8 Å². The van der Waals surface area contributed by atoms with Crippen LogP contribution in [0.2, 0.25) is 0 Å². The van der Waals surface area contributed by atoms with Gasteiger partial charge in [0.05, 0.1) is 5.69 Å². The maximum atomic E-state index is 8.73. The van der Waals surface area contributed by atoms with E-state index in [0.717, 1.165) is 29.1 Å². The lowest BCUT2D eigenvalue weighted by molar-refractivity contribution is 0.318. The predicted molar refractivity (Wildman–Crippen MR) is 82.1 cm³/mol. The van der Waals surface area contributed by atoms with Gasteiger partial charge in [-0.25, -0.2) is 0 Å². The molecular formula is C16H19N3O2. The van der Waals surface area contributed by atoms with E-state index in [1.807, 2.05) is 39.0 Å². The number of oxime groups is 1. The van der Waals surface area contributed by atoms with Crippen molar-refractivity contribution < 1.29 is 9.94 Å². The first-order chi connectivity index (χ1) is 10.0. The summed E-state index contributed by atoms with van der Waals surface area (Å²) in [4.78, 5) is 4.47. The van der Waals surface area contributed by atoms with Crippen LogP contribution in [0.4, 0.5) is 0 Å². The Labute approximate surface area is 124 Å². The van der Waals surface area contributed by atoms with Crippen molar-refractivity contribution in [2.75, 3.05) is 0 Å². The van der Waals surface area contributed by atoms with E-state index in [2.05, 4.69) is 10.1 Å². The lowest BCUT2D eigenvalue weighted by atomic mass is 10.1. The summed E-state index contributed by atoms with van der Waals surface area (Å²) >= 11 is 0. The van der Waals surface area contributed by atoms with Crippen LogP contribution in [0.3, 0.4) is 0 Å². The normalized spacial score (nSPS) is 11.5. The van der Waals surface area contributed by atoms with Gasteiger partial charge in [-0.1, -0.05) is 12.1 Å².